The summed E-state index contributed by atoms with van der Waals surface area (Å²) in [5, 5.41) is 4.06. The van der Waals surface area contributed by atoms with Crippen LogP contribution in [0.15, 0.2) is 83.3 Å². The Balaban J connectivity index is 1.68. The molecule has 0 unspecified atom stereocenters. The molecule has 0 aliphatic heterocycles. The topological polar surface area (TPSA) is 123 Å². The van der Waals surface area contributed by atoms with Crippen LogP contribution in [0.4, 0.5) is 0 Å². The van der Waals surface area contributed by atoms with Crippen LogP contribution in [0.2, 0.25) is 0 Å². The van der Waals surface area contributed by atoms with Crippen molar-refractivity contribution in [2.75, 3.05) is 7.05 Å². The number of pyridine rings is 2. The summed E-state index contributed by atoms with van der Waals surface area (Å²) >= 11 is 0. The highest BCUT2D eigenvalue weighted by Gasteiger charge is 2.24. The molecule has 9 nitrogen and oxygen atoms in total. The predicted molar refractivity (Wildman–Crippen MR) is 116 cm³/mol. The third-order valence-corrected chi connectivity index (χ3v) is 6.36. The number of primary amides is 1. The number of hydrogen-bond donors (Lipinski definition) is 1. The van der Waals surface area contributed by atoms with E-state index in [0.29, 0.717) is 11.3 Å². The first-order valence-corrected chi connectivity index (χ1v) is 10.6. The van der Waals surface area contributed by atoms with E-state index >= 15 is 0 Å². The van der Waals surface area contributed by atoms with Crippen LogP contribution in [0.1, 0.15) is 16.1 Å². The lowest BCUT2D eigenvalue weighted by Gasteiger charge is -2.15. The normalized spacial score (nSPS) is 11.8. The van der Waals surface area contributed by atoms with Crippen LogP contribution in [0.25, 0.3) is 16.8 Å². The largest absolute Gasteiger partial charge is 0.366 e. The highest BCUT2D eigenvalue weighted by molar-refractivity contribution is 7.89. The summed E-state index contributed by atoms with van der Waals surface area (Å²) in [6.45, 7) is 0. The maximum atomic E-state index is 12.9. The fourth-order valence-electron chi connectivity index (χ4n) is 3.04. The Hall–Kier alpha value is -4.05. The summed E-state index contributed by atoms with van der Waals surface area (Å²) in [5.41, 5.74) is 8.32. The number of sulfonamides is 1. The molecule has 156 valence electrons. The van der Waals surface area contributed by atoms with Crippen molar-refractivity contribution in [2.45, 2.75) is 4.90 Å². The van der Waals surface area contributed by atoms with Gasteiger partial charge in [-0.25, -0.2) is 4.98 Å². The van der Waals surface area contributed by atoms with E-state index in [0.717, 1.165) is 15.5 Å². The van der Waals surface area contributed by atoms with Gasteiger partial charge in [0.2, 0.25) is 5.91 Å². The van der Waals surface area contributed by atoms with Crippen molar-refractivity contribution in [3.05, 3.63) is 84.6 Å². The summed E-state index contributed by atoms with van der Waals surface area (Å²) in [6.07, 6.45) is 8.30. The molecular formula is C21H18N6O3S. The van der Waals surface area contributed by atoms with Gasteiger partial charge in [-0.15, -0.1) is 0 Å². The van der Waals surface area contributed by atoms with Gasteiger partial charge in [0.15, 0.2) is 0 Å². The van der Waals surface area contributed by atoms with Gasteiger partial charge in [0.25, 0.3) is 10.0 Å². The first kappa shape index (κ1) is 20.2. The van der Waals surface area contributed by atoms with Crippen LogP contribution in [0.5, 0.6) is 0 Å². The Kier molecular flexibility index (Phi) is 5.22. The standard InChI is InChI=1S/C21H18N6O3S/c1-26(31(29,30)19-7-3-2-6-18(19)21(22)28)25-13-17-12-24-20-9-8-16(14-27(17)20)15-5-4-10-23-11-15/h2-14H,1H3,(H2,22,28). The van der Waals surface area contributed by atoms with E-state index in [1.807, 2.05) is 30.5 Å². The van der Waals surface area contributed by atoms with Gasteiger partial charge in [-0.3, -0.25) is 14.2 Å². The summed E-state index contributed by atoms with van der Waals surface area (Å²) in [4.78, 5) is 19.9. The first-order valence-electron chi connectivity index (χ1n) is 9.17. The van der Waals surface area contributed by atoms with Crippen LogP contribution in [-0.2, 0) is 10.0 Å². The van der Waals surface area contributed by atoms with E-state index in [2.05, 4.69) is 15.1 Å². The highest BCUT2D eigenvalue weighted by atomic mass is 32.2. The van der Waals surface area contributed by atoms with Gasteiger partial charge in [-0.05, 0) is 30.3 Å². The quantitative estimate of drug-likeness (QED) is 0.368. The molecule has 3 aromatic heterocycles. The van der Waals surface area contributed by atoms with E-state index < -0.39 is 15.9 Å². The average Bonchev–Trinajstić information content (AvgIpc) is 3.20. The first-order chi connectivity index (χ1) is 14.9. The van der Waals surface area contributed by atoms with Gasteiger partial charge in [0, 0.05) is 36.8 Å². The minimum Gasteiger partial charge on any atom is -0.366 e. The molecule has 0 saturated carbocycles. The van der Waals surface area contributed by atoms with E-state index in [1.54, 1.807) is 29.1 Å². The van der Waals surface area contributed by atoms with Crippen molar-refractivity contribution in [3.8, 4) is 11.1 Å². The van der Waals surface area contributed by atoms with Crippen LogP contribution in [0.3, 0.4) is 0 Å². The number of fused-ring (bicyclic) bond motifs is 1. The van der Waals surface area contributed by atoms with E-state index in [1.165, 1.54) is 31.5 Å². The molecule has 0 saturated heterocycles. The lowest BCUT2D eigenvalue weighted by molar-refractivity contribution is 0.0997. The van der Waals surface area contributed by atoms with E-state index in [4.69, 9.17) is 5.73 Å². The third-order valence-electron chi connectivity index (χ3n) is 4.66. The number of hydrazone groups is 1. The van der Waals surface area contributed by atoms with Crippen molar-refractivity contribution in [2.24, 2.45) is 10.8 Å². The van der Waals surface area contributed by atoms with Crippen molar-refractivity contribution < 1.29 is 13.2 Å². The number of carbonyl (C=O) groups is 1. The van der Waals surface area contributed by atoms with Crippen LogP contribution in [0, 0.1) is 0 Å². The molecule has 0 radical (unpaired) electrons. The summed E-state index contributed by atoms with van der Waals surface area (Å²) < 4.78 is 28.4. The molecule has 0 spiro atoms. The Labute approximate surface area is 178 Å². The van der Waals surface area contributed by atoms with Gasteiger partial charge in [-0.1, -0.05) is 18.2 Å². The van der Waals surface area contributed by atoms with Crippen molar-refractivity contribution in [1.29, 1.82) is 0 Å². The van der Waals surface area contributed by atoms with Gasteiger partial charge < -0.3 is 5.73 Å². The SMILES string of the molecule is CN(N=Cc1cnc2ccc(-c3cccnc3)cn12)S(=O)(=O)c1ccccc1C(N)=O. The Bertz CT molecular complexity index is 1400. The molecule has 0 bridgehead atoms. The van der Waals surface area contributed by atoms with Crippen molar-refractivity contribution in [1.82, 2.24) is 18.8 Å². The number of imidazole rings is 1. The van der Waals surface area contributed by atoms with Gasteiger partial charge in [0.1, 0.15) is 10.5 Å². The zero-order valence-corrected chi connectivity index (χ0v) is 17.3. The number of benzene rings is 1. The van der Waals surface area contributed by atoms with Crippen molar-refractivity contribution >= 4 is 27.8 Å². The Morgan fingerprint density at radius 2 is 1.90 bits per heavy atom. The number of nitrogens with zero attached hydrogens (tertiary/aromatic N) is 5. The lowest BCUT2D eigenvalue weighted by Crippen LogP contribution is -2.25. The molecule has 0 aliphatic carbocycles. The zero-order chi connectivity index (χ0) is 22.0. The summed E-state index contributed by atoms with van der Waals surface area (Å²) in [6, 6.07) is 13.3. The number of hydrogen-bond acceptors (Lipinski definition) is 6. The second-order valence-corrected chi connectivity index (χ2v) is 8.53. The molecule has 2 N–H and O–H groups in total. The monoisotopic (exact) mass is 434 g/mol. The van der Waals surface area contributed by atoms with E-state index in [-0.39, 0.29) is 10.5 Å². The number of amides is 1. The van der Waals surface area contributed by atoms with Crippen LogP contribution < -0.4 is 5.73 Å². The number of carbonyl (C=O) groups excluding carboxylic acids is 1. The molecule has 0 atom stereocenters. The smallest absolute Gasteiger partial charge is 0.279 e. The molecular weight excluding hydrogens is 416 g/mol. The predicted octanol–water partition coefficient (Wildman–Crippen LogP) is 2.15. The fourth-order valence-corrected chi connectivity index (χ4v) is 4.19. The molecule has 1 aromatic carbocycles. The maximum Gasteiger partial charge on any atom is 0.279 e. The number of rotatable bonds is 6. The second kappa shape index (κ2) is 8.00. The van der Waals surface area contributed by atoms with Gasteiger partial charge >= 0.3 is 0 Å². The molecule has 31 heavy (non-hydrogen) atoms. The third kappa shape index (κ3) is 3.88. The lowest BCUT2D eigenvalue weighted by atomic mass is 10.1. The molecule has 0 aliphatic rings. The summed E-state index contributed by atoms with van der Waals surface area (Å²) in [5.74, 6) is -0.832. The maximum absolute atomic E-state index is 12.9. The van der Waals surface area contributed by atoms with Crippen molar-refractivity contribution in [3.63, 3.8) is 0 Å². The second-order valence-electron chi connectivity index (χ2n) is 6.62. The molecule has 10 heteroatoms. The molecule has 3 heterocycles. The minimum absolute atomic E-state index is 0.0968. The number of nitrogens with two attached hydrogens (primary N) is 1. The van der Waals surface area contributed by atoms with Gasteiger partial charge in [-0.2, -0.15) is 17.9 Å². The number of aromatic nitrogens is 3. The minimum atomic E-state index is -4.08. The molecule has 4 aromatic rings. The molecule has 4 rings (SSSR count). The Morgan fingerprint density at radius 1 is 1.10 bits per heavy atom. The van der Waals surface area contributed by atoms with Gasteiger partial charge in [0.05, 0.1) is 23.7 Å². The van der Waals surface area contributed by atoms with E-state index in [9.17, 15) is 13.2 Å². The zero-order valence-electron chi connectivity index (χ0n) is 16.5. The highest BCUT2D eigenvalue weighted by Crippen LogP contribution is 2.21. The fraction of sp³-hybridized carbons (Fsp3) is 0.0476. The van der Waals surface area contributed by atoms with Crippen LogP contribution >= 0.6 is 0 Å². The molecule has 0 fully saturated rings. The Morgan fingerprint density at radius 3 is 2.65 bits per heavy atom. The van der Waals surface area contributed by atoms with Crippen LogP contribution in [-0.4, -0.2) is 46.4 Å². The average molecular weight is 434 g/mol. The summed E-state index contributed by atoms with van der Waals surface area (Å²) in [7, 11) is -2.79. The molecule has 1 amide bonds.